The van der Waals surface area contributed by atoms with Crippen molar-refractivity contribution in [3.05, 3.63) is 72.3 Å². The summed E-state index contributed by atoms with van der Waals surface area (Å²) in [5, 5.41) is 6.23. The van der Waals surface area contributed by atoms with Crippen molar-refractivity contribution in [2.45, 2.75) is 0 Å². The lowest BCUT2D eigenvalue weighted by Gasteiger charge is -2.02. The molecule has 2 N–H and O–H groups in total. The van der Waals surface area contributed by atoms with Crippen LogP contribution in [0.4, 0.5) is 14.9 Å². The fraction of sp³-hybridized carbons (Fsp3) is 0.0500. The van der Waals surface area contributed by atoms with Crippen molar-refractivity contribution in [2.24, 2.45) is 0 Å². The number of amides is 2. The summed E-state index contributed by atoms with van der Waals surface area (Å²) in [4.78, 5) is 28.2. The van der Waals surface area contributed by atoms with E-state index in [9.17, 15) is 9.59 Å². The first-order valence-corrected chi connectivity index (χ1v) is 8.92. The second kappa shape index (κ2) is 8.77. The van der Waals surface area contributed by atoms with Crippen LogP contribution in [0.1, 0.15) is 5.56 Å². The molecular weight excluding hydrogens is 362 g/mol. The molecule has 2 amide bonds. The third-order valence-electron chi connectivity index (χ3n) is 3.53. The highest BCUT2D eigenvalue weighted by atomic mass is 32.1. The van der Waals surface area contributed by atoms with Gasteiger partial charge in [0.25, 0.3) is 0 Å². The molecule has 0 radical (unpaired) electrons. The molecule has 7 heteroatoms. The lowest BCUT2D eigenvalue weighted by Crippen LogP contribution is -2.10. The van der Waals surface area contributed by atoms with Crippen LogP contribution >= 0.6 is 11.3 Å². The number of hydrogen-bond acceptors (Lipinski definition) is 5. The number of ether oxygens (including phenoxy) is 1. The summed E-state index contributed by atoms with van der Waals surface area (Å²) in [5.41, 5.74) is 2.33. The van der Waals surface area contributed by atoms with Crippen LogP contribution in [0.25, 0.3) is 17.3 Å². The second-order valence-corrected chi connectivity index (χ2v) is 6.41. The van der Waals surface area contributed by atoms with Gasteiger partial charge < -0.3 is 10.1 Å². The first-order chi connectivity index (χ1) is 13.2. The molecule has 0 atom stereocenters. The molecule has 136 valence electrons. The number of carbonyl (C=O) groups excluding carboxylic acids is 2. The summed E-state index contributed by atoms with van der Waals surface area (Å²) >= 11 is 1.16. The molecule has 6 nitrogen and oxygen atoms in total. The fourth-order valence-corrected chi connectivity index (χ4v) is 3.15. The Hall–Kier alpha value is -3.45. The van der Waals surface area contributed by atoms with Crippen molar-refractivity contribution in [1.29, 1.82) is 0 Å². The smallest absolute Gasteiger partial charge is 0.413 e. The van der Waals surface area contributed by atoms with Crippen molar-refractivity contribution < 1.29 is 14.3 Å². The van der Waals surface area contributed by atoms with Gasteiger partial charge in [-0.1, -0.05) is 72.0 Å². The summed E-state index contributed by atoms with van der Waals surface area (Å²) in [6.07, 6.45) is 2.56. The first kappa shape index (κ1) is 18.3. The number of hydrogen-bond donors (Lipinski definition) is 2. The molecule has 0 aliphatic heterocycles. The molecule has 1 aromatic heterocycles. The Labute approximate surface area is 160 Å². The molecule has 27 heavy (non-hydrogen) atoms. The molecule has 0 aliphatic carbocycles. The van der Waals surface area contributed by atoms with Crippen molar-refractivity contribution in [3.63, 3.8) is 0 Å². The minimum atomic E-state index is -0.620. The van der Waals surface area contributed by atoms with Gasteiger partial charge in [0.2, 0.25) is 5.91 Å². The minimum Gasteiger partial charge on any atom is -0.453 e. The predicted molar refractivity (Wildman–Crippen MR) is 108 cm³/mol. The van der Waals surface area contributed by atoms with Gasteiger partial charge in [-0.3, -0.25) is 10.1 Å². The number of aromatic nitrogens is 1. The number of thiazole rings is 1. The van der Waals surface area contributed by atoms with Gasteiger partial charge in [-0.2, -0.15) is 0 Å². The SMILES string of the molecule is COC(=O)Nc1nc(-c2ccccc2)c(NC(=O)/C=C\c2ccccc2)s1. The van der Waals surface area contributed by atoms with Crippen molar-refractivity contribution >= 4 is 39.5 Å². The maximum absolute atomic E-state index is 12.3. The van der Waals surface area contributed by atoms with E-state index in [1.807, 2.05) is 60.7 Å². The van der Waals surface area contributed by atoms with Gasteiger partial charge in [0.1, 0.15) is 10.7 Å². The zero-order chi connectivity index (χ0) is 19.1. The standard InChI is InChI=1S/C20H17N3O3S/c1-26-20(25)23-19-22-17(15-10-6-3-7-11-15)18(27-19)21-16(24)13-12-14-8-4-2-5-9-14/h2-13H,1H3,(H,21,24)(H,22,23,25)/b13-12-. The summed E-state index contributed by atoms with van der Waals surface area (Å²) < 4.78 is 4.60. The van der Waals surface area contributed by atoms with Crippen LogP contribution in [0.15, 0.2) is 66.7 Å². The number of nitrogens with one attached hydrogen (secondary N) is 2. The van der Waals surface area contributed by atoms with E-state index in [1.54, 1.807) is 6.08 Å². The largest absolute Gasteiger partial charge is 0.453 e. The van der Waals surface area contributed by atoms with Gasteiger partial charge in [0, 0.05) is 11.6 Å². The number of methoxy groups -OCH3 is 1. The summed E-state index contributed by atoms with van der Waals surface area (Å²) in [5.74, 6) is -0.288. The summed E-state index contributed by atoms with van der Waals surface area (Å²) in [6, 6.07) is 18.9. The van der Waals surface area contributed by atoms with E-state index in [-0.39, 0.29) is 5.91 Å². The molecular formula is C20H17N3O3S. The topological polar surface area (TPSA) is 80.3 Å². The molecule has 2 aromatic carbocycles. The normalized spacial score (nSPS) is 10.6. The van der Waals surface area contributed by atoms with Crippen LogP contribution in [-0.2, 0) is 9.53 Å². The van der Waals surface area contributed by atoms with Crippen LogP contribution in [0.2, 0.25) is 0 Å². The number of anilines is 2. The van der Waals surface area contributed by atoms with Crippen LogP contribution in [0.3, 0.4) is 0 Å². The number of nitrogens with zero attached hydrogens (tertiary/aromatic N) is 1. The third-order valence-corrected chi connectivity index (χ3v) is 4.42. The van der Waals surface area contributed by atoms with E-state index in [2.05, 4.69) is 20.4 Å². The number of benzene rings is 2. The lowest BCUT2D eigenvalue weighted by atomic mass is 10.1. The van der Waals surface area contributed by atoms with Crippen LogP contribution in [-0.4, -0.2) is 24.1 Å². The molecule has 1 heterocycles. The lowest BCUT2D eigenvalue weighted by molar-refractivity contribution is -0.111. The average molecular weight is 379 g/mol. The molecule has 0 unspecified atom stereocenters. The third kappa shape index (κ3) is 5.02. The van der Waals surface area contributed by atoms with Gasteiger partial charge in [0.15, 0.2) is 5.13 Å². The summed E-state index contributed by atoms with van der Waals surface area (Å²) in [7, 11) is 1.28. The van der Waals surface area contributed by atoms with E-state index in [0.29, 0.717) is 15.8 Å². The zero-order valence-corrected chi connectivity index (χ0v) is 15.3. The van der Waals surface area contributed by atoms with Gasteiger partial charge in [-0.05, 0) is 11.6 Å². The Morgan fingerprint density at radius 1 is 1.00 bits per heavy atom. The number of carbonyl (C=O) groups is 2. The molecule has 0 bridgehead atoms. The van der Waals surface area contributed by atoms with Gasteiger partial charge in [-0.25, -0.2) is 9.78 Å². The highest BCUT2D eigenvalue weighted by molar-refractivity contribution is 7.20. The van der Waals surface area contributed by atoms with Crippen LogP contribution in [0.5, 0.6) is 0 Å². The molecule has 3 rings (SSSR count). The minimum absolute atomic E-state index is 0.288. The highest BCUT2D eigenvalue weighted by Crippen LogP contribution is 2.35. The van der Waals surface area contributed by atoms with E-state index in [1.165, 1.54) is 13.2 Å². The molecule has 0 fully saturated rings. The van der Waals surface area contributed by atoms with Crippen LogP contribution in [0, 0.1) is 0 Å². The maximum Gasteiger partial charge on any atom is 0.413 e. The zero-order valence-electron chi connectivity index (χ0n) is 14.5. The first-order valence-electron chi connectivity index (χ1n) is 8.11. The highest BCUT2D eigenvalue weighted by Gasteiger charge is 2.16. The number of rotatable bonds is 5. The molecule has 0 saturated heterocycles. The fourth-order valence-electron chi connectivity index (χ4n) is 2.28. The monoisotopic (exact) mass is 379 g/mol. The molecule has 0 aliphatic rings. The van der Waals surface area contributed by atoms with Crippen molar-refractivity contribution in [1.82, 2.24) is 4.98 Å². The maximum atomic E-state index is 12.3. The Morgan fingerprint density at radius 3 is 2.33 bits per heavy atom. The molecule has 0 spiro atoms. The average Bonchev–Trinajstić information content (AvgIpc) is 3.09. The van der Waals surface area contributed by atoms with Crippen molar-refractivity contribution in [2.75, 3.05) is 17.7 Å². The predicted octanol–water partition coefficient (Wildman–Crippen LogP) is 4.64. The quantitative estimate of drug-likeness (QED) is 0.633. The van der Waals surface area contributed by atoms with E-state index >= 15 is 0 Å². The Bertz CT molecular complexity index is 953. The van der Waals surface area contributed by atoms with E-state index in [0.717, 1.165) is 22.5 Å². The van der Waals surface area contributed by atoms with Crippen LogP contribution < -0.4 is 10.6 Å². The van der Waals surface area contributed by atoms with Gasteiger partial charge >= 0.3 is 6.09 Å². The Kier molecular flexibility index (Phi) is 5.96. The van der Waals surface area contributed by atoms with E-state index < -0.39 is 6.09 Å². The Balaban J connectivity index is 1.83. The molecule has 0 saturated carbocycles. The summed E-state index contributed by atoms with van der Waals surface area (Å²) in [6.45, 7) is 0. The van der Waals surface area contributed by atoms with Crippen molar-refractivity contribution in [3.8, 4) is 11.3 Å². The molecule has 3 aromatic rings. The van der Waals surface area contributed by atoms with E-state index in [4.69, 9.17) is 0 Å². The Morgan fingerprint density at radius 2 is 1.67 bits per heavy atom. The van der Waals surface area contributed by atoms with Gasteiger partial charge in [0.05, 0.1) is 7.11 Å². The van der Waals surface area contributed by atoms with Gasteiger partial charge in [-0.15, -0.1) is 0 Å². The second-order valence-electron chi connectivity index (χ2n) is 5.41.